The summed E-state index contributed by atoms with van der Waals surface area (Å²) in [4.78, 5) is 38.0. The minimum absolute atomic E-state index is 0.0654. The number of nitrogens with zero attached hydrogens (tertiary/aromatic N) is 3. The van der Waals surface area contributed by atoms with Crippen LogP contribution in [0.5, 0.6) is 11.5 Å². The Morgan fingerprint density at radius 1 is 0.921 bits per heavy atom. The van der Waals surface area contributed by atoms with Gasteiger partial charge in [-0.1, -0.05) is 51.3 Å². The fraction of sp³-hybridized carbons (Fsp3) is 0.400. The van der Waals surface area contributed by atoms with E-state index in [0.717, 1.165) is 31.2 Å². The van der Waals surface area contributed by atoms with E-state index in [4.69, 9.17) is 9.47 Å². The first-order valence-electron chi connectivity index (χ1n) is 13.1. The fourth-order valence-corrected chi connectivity index (χ4v) is 4.90. The van der Waals surface area contributed by atoms with Crippen LogP contribution in [-0.2, 0) is 4.79 Å². The van der Waals surface area contributed by atoms with E-state index in [2.05, 4.69) is 29.1 Å². The van der Waals surface area contributed by atoms with Crippen LogP contribution in [0.25, 0.3) is 0 Å². The van der Waals surface area contributed by atoms with Gasteiger partial charge in [-0.3, -0.25) is 19.5 Å². The lowest BCUT2D eigenvalue weighted by Gasteiger charge is -2.33. The molecule has 38 heavy (non-hydrogen) atoms. The molecule has 1 N–H and O–H groups in total. The summed E-state index contributed by atoms with van der Waals surface area (Å²) < 4.78 is 11.0. The van der Waals surface area contributed by atoms with Crippen LogP contribution in [0, 0.1) is 0 Å². The molecule has 0 radical (unpaired) electrons. The van der Waals surface area contributed by atoms with Crippen molar-refractivity contribution < 1.29 is 19.1 Å². The number of hydrogen-bond donors (Lipinski definition) is 1. The molecule has 0 spiro atoms. The van der Waals surface area contributed by atoms with Crippen molar-refractivity contribution in [2.75, 3.05) is 19.1 Å². The van der Waals surface area contributed by atoms with Crippen molar-refractivity contribution in [3.8, 4) is 11.5 Å². The number of rotatable bonds is 9. The summed E-state index contributed by atoms with van der Waals surface area (Å²) in [6, 6.07) is 12.1. The minimum atomic E-state index is -0.976. The van der Waals surface area contributed by atoms with Gasteiger partial charge in [0.05, 0.1) is 20.4 Å². The quantitative estimate of drug-likeness (QED) is 0.406. The molecule has 3 aromatic rings. The summed E-state index contributed by atoms with van der Waals surface area (Å²) in [5.74, 6) is 0.658. The lowest BCUT2D eigenvalue weighted by atomic mass is 9.94. The lowest BCUT2D eigenvalue weighted by molar-refractivity contribution is -0.123. The molecule has 8 heteroatoms. The largest absolute Gasteiger partial charge is 0.493 e. The third-order valence-corrected chi connectivity index (χ3v) is 7.02. The van der Waals surface area contributed by atoms with Crippen LogP contribution >= 0.6 is 0 Å². The number of benzene rings is 2. The molecule has 0 aliphatic heterocycles. The van der Waals surface area contributed by atoms with E-state index in [1.54, 1.807) is 32.4 Å². The highest BCUT2D eigenvalue weighted by molar-refractivity contribution is 6.09. The molecule has 0 saturated heterocycles. The molecular weight excluding hydrogens is 480 g/mol. The van der Waals surface area contributed by atoms with Gasteiger partial charge in [0.1, 0.15) is 11.7 Å². The van der Waals surface area contributed by atoms with E-state index >= 15 is 0 Å². The Hall–Kier alpha value is -3.94. The summed E-state index contributed by atoms with van der Waals surface area (Å²) in [5, 5.41) is 3.23. The van der Waals surface area contributed by atoms with Gasteiger partial charge in [0, 0.05) is 24.1 Å². The Labute approximate surface area is 224 Å². The fourth-order valence-electron chi connectivity index (χ4n) is 4.90. The topological polar surface area (TPSA) is 93.7 Å². The number of nitrogens with one attached hydrogen (secondary N) is 1. The van der Waals surface area contributed by atoms with Crippen LogP contribution < -0.4 is 19.7 Å². The molecule has 1 aliphatic rings. The second-order valence-corrected chi connectivity index (χ2v) is 9.87. The average molecular weight is 517 g/mol. The van der Waals surface area contributed by atoms with Gasteiger partial charge in [0.15, 0.2) is 11.5 Å². The van der Waals surface area contributed by atoms with Crippen molar-refractivity contribution in [3.63, 3.8) is 0 Å². The first-order chi connectivity index (χ1) is 18.4. The number of amides is 2. The van der Waals surface area contributed by atoms with Gasteiger partial charge in [0.25, 0.3) is 5.91 Å². The number of aromatic nitrogens is 2. The highest BCUT2D eigenvalue weighted by atomic mass is 16.5. The summed E-state index contributed by atoms with van der Waals surface area (Å²) in [5.41, 5.74) is 2.47. The Kier molecular flexibility index (Phi) is 8.94. The zero-order valence-corrected chi connectivity index (χ0v) is 22.5. The standard InChI is InChI=1S/C30H36N4O4/c1-20(2)21-10-13-24(14-11-21)34(30(36)25-19-31-16-17-32-25)28(29(35)33-23-8-6-5-7-9-23)22-12-15-26(37-3)27(18-22)38-4/h10-20,23,28H,5-9H2,1-4H3,(H,33,35). The molecule has 1 saturated carbocycles. The molecule has 1 atom stereocenters. The molecule has 4 rings (SSSR count). The molecule has 1 aliphatic carbocycles. The zero-order valence-electron chi connectivity index (χ0n) is 22.5. The third kappa shape index (κ3) is 6.13. The van der Waals surface area contributed by atoms with Gasteiger partial charge in [-0.15, -0.1) is 0 Å². The van der Waals surface area contributed by atoms with E-state index < -0.39 is 11.9 Å². The molecule has 0 bridgehead atoms. The van der Waals surface area contributed by atoms with Crippen molar-refractivity contribution in [3.05, 3.63) is 77.9 Å². The number of hydrogen-bond acceptors (Lipinski definition) is 6. The molecule has 1 aromatic heterocycles. The Bertz CT molecular complexity index is 1220. The number of carbonyl (C=O) groups excluding carboxylic acids is 2. The smallest absolute Gasteiger partial charge is 0.279 e. The SMILES string of the molecule is COc1ccc(C(C(=O)NC2CCCCC2)N(C(=O)c2cnccn2)c2ccc(C(C)C)cc2)cc1OC. The van der Waals surface area contributed by atoms with Crippen LogP contribution in [0.2, 0.25) is 0 Å². The summed E-state index contributed by atoms with van der Waals surface area (Å²) in [6.45, 7) is 4.23. The summed E-state index contributed by atoms with van der Waals surface area (Å²) >= 11 is 0. The van der Waals surface area contributed by atoms with Gasteiger partial charge < -0.3 is 14.8 Å². The van der Waals surface area contributed by atoms with Gasteiger partial charge >= 0.3 is 0 Å². The second-order valence-electron chi connectivity index (χ2n) is 9.87. The van der Waals surface area contributed by atoms with Crippen LogP contribution in [0.15, 0.2) is 61.1 Å². The van der Waals surface area contributed by atoms with Crippen molar-refractivity contribution in [2.45, 2.75) is 64.0 Å². The molecule has 200 valence electrons. The van der Waals surface area contributed by atoms with E-state index in [1.807, 2.05) is 24.3 Å². The maximum Gasteiger partial charge on any atom is 0.279 e. The predicted molar refractivity (Wildman–Crippen MR) is 147 cm³/mol. The molecule has 2 amide bonds. The van der Waals surface area contributed by atoms with Gasteiger partial charge in [-0.05, 0) is 54.2 Å². The number of carbonyl (C=O) groups is 2. The molecule has 1 unspecified atom stereocenters. The molecular formula is C30H36N4O4. The Balaban J connectivity index is 1.85. The zero-order chi connectivity index (χ0) is 27.1. The van der Waals surface area contributed by atoms with Crippen molar-refractivity contribution in [1.82, 2.24) is 15.3 Å². The van der Waals surface area contributed by atoms with E-state index in [-0.39, 0.29) is 17.6 Å². The van der Waals surface area contributed by atoms with Gasteiger partial charge in [-0.2, -0.15) is 0 Å². The van der Waals surface area contributed by atoms with Crippen LogP contribution in [-0.4, -0.2) is 42.0 Å². The highest BCUT2D eigenvalue weighted by Gasteiger charge is 2.36. The van der Waals surface area contributed by atoms with E-state index in [1.165, 1.54) is 29.9 Å². The second kappa shape index (κ2) is 12.5. The van der Waals surface area contributed by atoms with Crippen molar-refractivity contribution in [2.24, 2.45) is 0 Å². The Morgan fingerprint density at radius 2 is 1.61 bits per heavy atom. The van der Waals surface area contributed by atoms with Crippen LogP contribution in [0.3, 0.4) is 0 Å². The lowest BCUT2D eigenvalue weighted by Crippen LogP contribution is -2.47. The molecule has 1 heterocycles. The average Bonchev–Trinajstić information content (AvgIpc) is 2.96. The van der Waals surface area contributed by atoms with Gasteiger partial charge in [-0.25, -0.2) is 4.98 Å². The maximum atomic E-state index is 14.1. The Morgan fingerprint density at radius 3 is 2.21 bits per heavy atom. The molecule has 2 aromatic carbocycles. The molecule has 1 fully saturated rings. The normalized spacial score (nSPS) is 14.6. The maximum absolute atomic E-state index is 14.1. The highest BCUT2D eigenvalue weighted by Crippen LogP contribution is 2.36. The first-order valence-corrected chi connectivity index (χ1v) is 13.1. The summed E-state index contributed by atoms with van der Waals surface area (Å²) in [6.07, 6.45) is 9.57. The number of anilines is 1. The predicted octanol–water partition coefficient (Wildman–Crippen LogP) is 5.45. The monoisotopic (exact) mass is 516 g/mol. The van der Waals surface area contributed by atoms with Crippen molar-refractivity contribution >= 4 is 17.5 Å². The van der Waals surface area contributed by atoms with Crippen LogP contribution in [0.4, 0.5) is 5.69 Å². The molecule has 8 nitrogen and oxygen atoms in total. The first kappa shape index (κ1) is 27.1. The minimum Gasteiger partial charge on any atom is -0.493 e. The van der Waals surface area contributed by atoms with E-state index in [9.17, 15) is 9.59 Å². The number of ether oxygens (including phenoxy) is 2. The number of methoxy groups -OCH3 is 2. The van der Waals surface area contributed by atoms with Gasteiger partial charge in [0.2, 0.25) is 5.91 Å². The van der Waals surface area contributed by atoms with Crippen LogP contribution in [0.1, 0.15) is 79.5 Å². The van der Waals surface area contributed by atoms with Crippen molar-refractivity contribution in [1.29, 1.82) is 0 Å². The summed E-state index contributed by atoms with van der Waals surface area (Å²) in [7, 11) is 3.11. The third-order valence-electron chi connectivity index (χ3n) is 7.02. The van der Waals surface area contributed by atoms with E-state index in [0.29, 0.717) is 28.7 Å².